The highest BCUT2D eigenvalue weighted by Gasteiger charge is 2.70. The third-order valence-electron chi connectivity index (χ3n) is 13.8. The van der Waals surface area contributed by atoms with Gasteiger partial charge in [0.05, 0.1) is 5.92 Å². The van der Waals surface area contributed by atoms with Crippen LogP contribution in [0.3, 0.4) is 0 Å². The summed E-state index contributed by atoms with van der Waals surface area (Å²) in [6.07, 6.45) is 14.9. The third kappa shape index (κ3) is 2.73. The molecule has 5 fully saturated rings. The SMILES string of the molecule is CC(C(=O)O)[C@H]1CC[C@]2(C)[C@H]3CC[C@@H]4[C@@]5(C)CCCC(C)(C)[C@@H]5CC[C@@]4(C)[C@]3(C)CC[C@@H]12. The van der Waals surface area contributed by atoms with Gasteiger partial charge in [-0.05, 0) is 121 Å². The maximum Gasteiger partial charge on any atom is 0.306 e. The number of hydrogen-bond acceptors (Lipinski definition) is 1. The minimum absolute atomic E-state index is 0.183. The van der Waals surface area contributed by atoms with Crippen molar-refractivity contribution < 1.29 is 9.90 Å². The monoisotopic (exact) mass is 442 g/mol. The van der Waals surface area contributed by atoms with Crippen molar-refractivity contribution in [1.29, 1.82) is 0 Å². The Hall–Kier alpha value is -0.530. The van der Waals surface area contributed by atoms with Crippen molar-refractivity contribution in [3.8, 4) is 0 Å². The fourth-order valence-electron chi connectivity index (χ4n) is 12.1. The van der Waals surface area contributed by atoms with Crippen molar-refractivity contribution >= 4 is 5.97 Å². The van der Waals surface area contributed by atoms with E-state index in [-0.39, 0.29) is 5.92 Å². The highest BCUT2D eigenvalue weighted by atomic mass is 16.4. The van der Waals surface area contributed by atoms with E-state index in [1.54, 1.807) is 0 Å². The Balaban J connectivity index is 1.50. The summed E-state index contributed by atoms with van der Waals surface area (Å²) in [5.41, 5.74) is 2.22. The molecule has 0 aromatic heterocycles. The largest absolute Gasteiger partial charge is 0.481 e. The van der Waals surface area contributed by atoms with Crippen LogP contribution in [0.5, 0.6) is 0 Å². The quantitative estimate of drug-likeness (QED) is 0.468. The molecule has 1 unspecified atom stereocenters. The molecule has 0 aliphatic heterocycles. The van der Waals surface area contributed by atoms with Crippen molar-refractivity contribution in [3.05, 3.63) is 0 Å². The van der Waals surface area contributed by atoms with Crippen LogP contribution in [-0.2, 0) is 4.79 Å². The summed E-state index contributed by atoms with van der Waals surface area (Å²) in [7, 11) is 0. The van der Waals surface area contributed by atoms with Crippen LogP contribution in [0.4, 0.5) is 0 Å². The molecule has 0 heterocycles. The third-order valence-corrected chi connectivity index (χ3v) is 13.8. The minimum Gasteiger partial charge on any atom is -0.481 e. The Morgan fingerprint density at radius 1 is 0.719 bits per heavy atom. The van der Waals surface area contributed by atoms with Gasteiger partial charge in [-0.1, -0.05) is 54.9 Å². The van der Waals surface area contributed by atoms with Gasteiger partial charge in [0.2, 0.25) is 0 Å². The summed E-state index contributed by atoms with van der Waals surface area (Å²) in [4.78, 5) is 11.9. The first-order valence-corrected chi connectivity index (χ1v) is 14.0. The lowest BCUT2D eigenvalue weighted by Crippen LogP contribution is -2.65. The van der Waals surface area contributed by atoms with Gasteiger partial charge in [0, 0.05) is 0 Å². The molecule has 5 rings (SSSR count). The molecule has 1 N–H and O–H groups in total. The van der Waals surface area contributed by atoms with Crippen LogP contribution >= 0.6 is 0 Å². The van der Waals surface area contributed by atoms with E-state index in [1.807, 2.05) is 6.92 Å². The number of hydrogen-bond donors (Lipinski definition) is 1. The van der Waals surface area contributed by atoms with E-state index in [1.165, 1.54) is 64.2 Å². The number of fused-ring (bicyclic) bond motifs is 7. The summed E-state index contributed by atoms with van der Waals surface area (Å²) in [6, 6.07) is 0. The number of rotatable bonds is 2. The molecule has 0 radical (unpaired) electrons. The molecule has 5 aliphatic rings. The Morgan fingerprint density at radius 3 is 1.94 bits per heavy atom. The molecule has 2 heteroatoms. The van der Waals surface area contributed by atoms with Crippen LogP contribution in [0.1, 0.15) is 119 Å². The Kier molecular flexibility index (Phi) is 5.08. The second-order valence-corrected chi connectivity index (χ2v) is 14.9. The summed E-state index contributed by atoms with van der Waals surface area (Å²) < 4.78 is 0. The minimum atomic E-state index is -0.575. The molecule has 0 aromatic carbocycles. The standard InChI is InChI=1S/C30H50O2/c1-19(25(31)32)20-11-16-27(4)21(20)12-17-29(6)23(27)9-10-24-28(5)15-8-14-26(2,3)22(28)13-18-30(24,29)7/h19-24H,8-18H2,1-7H3,(H,31,32)/t19?,20-,21+,22+,23-,24-,27+,28+,29-,30-/m1/s1. The zero-order chi connectivity index (χ0) is 23.3. The van der Waals surface area contributed by atoms with E-state index >= 15 is 0 Å². The Bertz CT molecular complexity index is 786. The van der Waals surface area contributed by atoms with Crippen molar-refractivity contribution in [3.63, 3.8) is 0 Å². The number of carboxylic acid groups (broad SMARTS) is 1. The van der Waals surface area contributed by atoms with Crippen LogP contribution in [-0.4, -0.2) is 11.1 Å². The maximum absolute atomic E-state index is 11.9. The number of carboxylic acids is 1. The van der Waals surface area contributed by atoms with Crippen molar-refractivity contribution in [2.45, 2.75) is 119 Å². The van der Waals surface area contributed by atoms with Gasteiger partial charge in [0.15, 0.2) is 0 Å². The average Bonchev–Trinajstić information content (AvgIpc) is 3.04. The molecule has 5 aliphatic carbocycles. The van der Waals surface area contributed by atoms with Crippen molar-refractivity contribution in [1.82, 2.24) is 0 Å². The first kappa shape index (κ1) is 23.2. The lowest BCUT2D eigenvalue weighted by atomic mass is 9.32. The van der Waals surface area contributed by atoms with E-state index in [0.29, 0.717) is 38.9 Å². The Labute approximate surface area is 197 Å². The zero-order valence-electron chi connectivity index (χ0n) is 22.1. The second-order valence-electron chi connectivity index (χ2n) is 14.9. The highest BCUT2D eigenvalue weighted by molar-refractivity contribution is 5.70. The van der Waals surface area contributed by atoms with Gasteiger partial charge < -0.3 is 5.11 Å². The highest BCUT2D eigenvalue weighted by Crippen LogP contribution is 2.78. The predicted octanol–water partition coefficient (Wildman–Crippen LogP) is 8.20. The first-order valence-electron chi connectivity index (χ1n) is 14.0. The normalized spacial score (nSPS) is 55.2. The smallest absolute Gasteiger partial charge is 0.306 e. The molecular weight excluding hydrogens is 392 g/mol. The lowest BCUT2D eigenvalue weighted by molar-refractivity contribution is -0.241. The van der Waals surface area contributed by atoms with E-state index in [2.05, 4.69) is 41.5 Å². The molecule has 5 saturated carbocycles. The number of aliphatic carboxylic acids is 1. The molecule has 32 heavy (non-hydrogen) atoms. The molecule has 0 amide bonds. The molecule has 182 valence electrons. The fraction of sp³-hybridized carbons (Fsp3) is 0.967. The molecule has 0 saturated heterocycles. The molecule has 10 atom stereocenters. The van der Waals surface area contributed by atoms with E-state index in [0.717, 1.165) is 24.2 Å². The van der Waals surface area contributed by atoms with Gasteiger partial charge in [0.25, 0.3) is 0 Å². The fourth-order valence-corrected chi connectivity index (χ4v) is 12.1. The molecular formula is C30H50O2. The predicted molar refractivity (Wildman–Crippen MR) is 131 cm³/mol. The summed E-state index contributed by atoms with van der Waals surface area (Å²) >= 11 is 0. The average molecular weight is 443 g/mol. The topological polar surface area (TPSA) is 37.3 Å². The first-order chi connectivity index (χ1) is 14.8. The van der Waals surface area contributed by atoms with E-state index < -0.39 is 5.97 Å². The molecule has 2 nitrogen and oxygen atoms in total. The van der Waals surface area contributed by atoms with Crippen LogP contribution < -0.4 is 0 Å². The van der Waals surface area contributed by atoms with Crippen molar-refractivity contribution in [2.24, 2.45) is 62.6 Å². The van der Waals surface area contributed by atoms with Crippen molar-refractivity contribution in [2.75, 3.05) is 0 Å². The van der Waals surface area contributed by atoms with Crippen LogP contribution in [0.15, 0.2) is 0 Å². The van der Waals surface area contributed by atoms with Gasteiger partial charge in [-0.15, -0.1) is 0 Å². The molecule has 0 spiro atoms. The van der Waals surface area contributed by atoms with Crippen LogP contribution in [0, 0.1) is 62.6 Å². The van der Waals surface area contributed by atoms with Gasteiger partial charge in [-0.2, -0.15) is 0 Å². The maximum atomic E-state index is 11.9. The lowest BCUT2D eigenvalue weighted by Gasteiger charge is -2.73. The van der Waals surface area contributed by atoms with Crippen LogP contribution in [0.25, 0.3) is 0 Å². The van der Waals surface area contributed by atoms with E-state index in [9.17, 15) is 9.90 Å². The summed E-state index contributed by atoms with van der Waals surface area (Å²) in [5.74, 6) is 2.78. The summed E-state index contributed by atoms with van der Waals surface area (Å²) in [6.45, 7) is 17.9. The summed E-state index contributed by atoms with van der Waals surface area (Å²) in [5, 5.41) is 9.78. The second kappa shape index (κ2) is 7.00. The van der Waals surface area contributed by atoms with Gasteiger partial charge in [0.1, 0.15) is 0 Å². The molecule has 0 bridgehead atoms. The van der Waals surface area contributed by atoms with Gasteiger partial charge in [-0.3, -0.25) is 4.79 Å². The number of carbonyl (C=O) groups is 1. The van der Waals surface area contributed by atoms with Gasteiger partial charge >= 0.3 is 5.97 Å². The zero-order valence-corrected chi connectivity index (χ0v) is 22.1. The van der Waals surface area contributed by atoms with Gasteiger partial charge in [-0.25, -0.2) is 0 Å². The van der Waals surface area contributed by atoms with Crippen LogP contribution in [0.2, 0.25) is 0 Å². The molecule has 0 aromatic rings. The Morgan fingerprint density at radius 2 is 1.31 bits per heavy atom. The van der Waals surface area contributed by atoms with E-state index in [4.69, 9.17) is 0 Å².